The van der Waals surface area contributed by atoms with Crippen molar-refractivity contribution in [1.29, 1.82) is 0 Å². The van der Waals surface area contributed by atoms with Crippen LogP contribution in [0.2, 0.25) is 0 Å². The first-order valence-corrected chi connectivity index (χ1v) is 4.35. The summed E-state index contributed by atoms with van der Waals surface area (Å²) >= 11 is 0. The van der Waals surface area contributed by atoms with Gasteiger partial charge in [-0.05, 0) is 24.6 Å². The molecule has 0 atom stereocenters. The molecular weight excluding hydrogens is 192 g/mol. The molecule has 2 N–H and O–H groups in total. The lowest BCUT2D eigenvalue weighted by Gasteiger charge is -2.07. The van der Waals surface area contributed by atoms with Crippen LogP contribution in [0.25, 0.3) is 5.57 Å². The van der Waals surface area contributed by atoms with Gasteiger partial charge in [-0.3, -0.25) is 4.79 Å². The number of hydrogen-bond donors (Lipinski definition) is 2. The largest absolute Gasteiger partial charge is 0.508 e. The third-order valence-corrected chi connectivity index (χ3v) is 1.97. The Morgan fingerprint density at radius 3 is 2.33 bits per heavy atom. The van der Waals surface area contributed by atoms with Crippen LogP contribution in [0.15, 0.2) is 36.9 Å². The van der Waals surface area contributed by atoms with Crippen molar-refractivity contribution in [2.45, 2.75) is 6.92 Å². The molecule has 0 unspecified atom stereocenters. The number of Topliss-reactive ketones (excluding diaryl/α,β-unsaturated/α-hetero) is 1. The molecule has 0 fully saturated rings. The molecule has 78 valence electrons. The number of rotatable bonds is 3. The molecule has 1 aromatic rings. The van der Waals surface area contributed by atoms with Gasteiger partial charge in [-0.15, -0.1) is 0 Å². The van der Waals surface area contributed by atoms with Gasteiger partial charge in [-0.25, -0.2) is 0 Å². The Morgan fingerprint density at radius 1 is 1.27 bits per heavy atom. The SMILES string of the molecule is C=C(C)C(=O)C(=C)c1ccc(O)cc1O. The summed E-state index contributed by atoms with van der Waals surface area (Å²) in [5, 5.41) is 18.6. The van der Waals surface area contributed by atoms with Gasteiger partial charge < -0.3 is 10.2 Å². The van der Waals surface area contributed by atoms with Crippen LogP contribution in [0.1, 0.15) is 12.5 Å². The summed E-state index contributed by atoms with van der Waals surface area (Å²) in [5.41, 5.74) is 0.827. The molecule has 3 heteroatoms. The molecule has 0 heterocycles. The lowest BCUT2D eigenvalue weighted by molar-refractivity contribution is -0.110. The Kier molecular flexibility index (Phi) is 2.95. The Hall–Kier alpha value is -2.03. The normalized spacial score (nSPS) is 9.67. The molecule has 0 aliphatic heterocycles. The van der Waals surface area contributed by atoms with Gasteiger partial charge in [0.25, 0.3) is 0 Å². The number of benzene rings is 1. The second kappa shape index (κ2) is 4.00. The molecule has 1 rings (SSSR count). The van der Waals surface area contributed by atoms with Crippen LogP contribution in [0.5, 0.6) is 11.5 Å². The van der Waals surface area contributed by atoms with Gasteiger partial charge in [0.1, 0.15) is 11.5 Å². The van der Waals surface area contributed by atoms with Crippen LogP contribution in [0.4, 0.5) is 0 Å². The molecule has 0 saturated heterocycles. The highest BCUT2D eigenvalue weighted by molar-refractivity contribution is 6.28. The van der Waals surface area contributed by atoms with E-state index in [0.717, 1.165) is 6.07 Å². The lowest BCUT2D eigenvalue weighted by atomic mass is 9.99. The summed E-state index contributed by atoms with van der Waals surface area (Å²) in [5.74, 6) is -0.544. The number of allylic oxidation sites excluding steroid dienone is 2. The minimum Gasteiger partial charge on any atom is -0.508 e. The van der Waals surface area contributed by atoms with E-state index in [0.29, 0.717) is 11.1 Å². The minimum absolute atomic E-state index is 0.0631. The minimum atomic E-state index is -0.309. The van der Waals surface area contributed by atoms with Gasteiger partial charge >= 0.3 is 0 Å². The van der Waals surface area contributed by atoms with Crippen LogP contribution < -0.4 is 0 Å². The van der Waals surface area contributed by atoms with Crippen LogP contribution in [-0.4, -0.2) is 16.0 Å². The predicted octanol–water partition coefficient (Wildman–Crippen LogP) is 2.26. The summed E-state index contributed by atoms with van der Waals surface area (Å²) in [6.07, 6.45) is 0. The average Bonchev–Trinajstić information content (AvgIpc) is 2.15. The summed E-state index contributed by atoms with van der Waals surface area (Å²) in [6, 6.07) is 3.98. The Bertz CT molecular complexity index is 444. The van der Waals surface area contributed by atoms with Gasteiger partial charge in [0.15, 0.2) is 5.78 Å². The zero-order valence-corrected chi connectivity index (χ0v) is 8.45. The fourth-order valence-electron chi connectivity index (χ4n) is 1.16. The molecule has 1 aromatic carbocycles. The van der Waals surface area contributed by atoms with Crippen LogP contribution in [0, 0.1) is 0 Å². The fraction of sp³-hybridized carbons (Fsp3) is 0.0833. The van der Waals surface area contributed by atoms with E-state index in [1.807, 2.05) is 0 Å². The number of phenolic OH excluding ortho intramolecular Hbond substituents is 2. The van der Waals surface area contributed by atoms with Gasteiger partial charge in [0, 0.05) is 17.2 Å². The van der Waals surface area contributed by atoms with E-state index in [-0.39, 0.29) is 22.9 Å². The van der Waals surface area contributed by atoms with Crippen molar-refractivity contribution in [2.75, 3.05) is 0 Å². The van der Waals surface area contributed by atoms with Crippen molar-refractivity contribution >= 4 is 11.4 Å². The van der Waals surface area contributed by atoms with Crippen molar-refractivity contribution in [3.05, 3.63) is 42.5 Å². The second-order valence-electron chi connectivity index (χ2n) is 3.29. The van der Waals surface area contributed by atoms with Crippen molar-refractivity contribution in [2.24, 2.45) is 0 Å². The molecule has 0 aliphatic rings. The number of carbonyl (C=O) groups excluding carboxylic acids is 1. The fourth-order valence-corrected chi connectivity index (χ4v) is 1.16. The highest BCUT2D eigenvalue weighted by Crippen LogP contribution is 2.29. The van der Waals surface area contributed by atoms with Crippen molar-refractivity contribution in [3.63, 3.8) is 0 Å². The third-order valence-electron chi connectivity index (χ3n) is 1.97. The number of carbonyl (C=O) groups is 1. The third kappa shape index (κ3) is 2.26. The molecular formula is C12H12O3. The number of ketones is 1. The van der Waals surface area contributed by atoms with Crippen LogP contribution in [-0.2, 0) is 4.79 Å². The predicted molar refractivity (Wildman–Crippen MR) is 58.6 cm³/mol. The molecule has 0 saturated carbocycles. The lowest BCUT2D eigenvalue weighted by Crippen LogP contribution is -2.01. The zero-order chi connectivity index (χ0) is 11.6. The summed E-state index contributed by atoms with van der Waals surface area (Å²) in [4.78, 5) is 11.5. The highest BCUT2D eigenvalue weighted by atomic mass is 16.3. The first kappa shape index (κ1) is 11.0. The molecule has 0 radical (unpaired) electrons. The first-order valence-electron chi connectivity index (χ1n) is 4.35. The summed E-state index contributed by atoms with van der Waals surface area (Å²) in [7, 11) is 0. The van der Waals surface area contributed by atoms with Crippen LogP contribution in [0.3, 0.4) is 0 Å². The quantitative estimate of drug-likeness (QED) is 0.742. The maximum absolute atomic E-state index is 11.5. The zero-order valence-electron chi connectivity index (χ0n) is 8.45. The monoisotopic (exact) mass is 204 g/mol. The van der Waals surface area contributed by atoms with Crippen molar-refractivity contribution < 1.29 is 15.0 Å². The van der Waals surface area contributed by atoms with E-state index in [1.54, 1.807) is 6.92 Å². The summed E-state index contributed by atoms with van der Waals surface area (Å²) in [6.45, 7) is 8.67. The standard InChI is InChI=1S/C12H12O3/c1-7(2)12(15)8(3)10-5-4-9(13)6-11(10)14/h4-6,13-14H,1,3H2,2H3. The van der Waals surface area contributed by atoms with Crippen LogP contribution >= 0.6 is 0 Å². The Morgan fingerprint density at radius 2 is 1.87 bits per heavy atom. The van der Waals surface area contributed by atoms with Gasteiger partial charge in [0.2, 0.25) is 0 Å². The van der Waals surface area contributed by atoms with Crippen molar-refractivity contribution in [3.8, 4) is 11.5 Å². The van der Waals surface area contributed by atoms with Gasteiger partial charge in [0.05, 0.1) is 0 Å². The molecule has 0 bridgehead atoms. The Labute approximate surface area is 88.0 Å². The maximum atomic E-state index is 11.5. The molecule has 3 nitrogen and oxygen atoms in total. The number of phenols is 2. The molecule has 0 aromatic heterocycles. The average molecular weight is 204 g/mol. The van der Waals surface area contributed by atoms with Gasteiger partial charge in [-0.1, -0.05) is 13.2 Å². The Balaban J connectivity index is 3.12. The maximum Gasteiger partial charge on any atom is 0.188 e. The number of aromatic hydroxyl groups is 2. The molecule has 0 amide bonds. The molecule has 15 heavy (non-hydrogen) atoms. The van der Waals surface area contributed by atoms with E-state index in [9.17, 15) is 9.90 Å². The smallest absolute Gasteiger partial charge is 0.188 e. The van der Waals surface area contributed by atoms with E-state index in [1.165, 1.54) is 12.1 Å². The van der Waals surface area contributed by atoms with E-state index < -0.39 is 0 Å². The second-order valence-corrected chi connectivity index (χ2v) is 3.29. The number of hydrogen-bond acceptors (Lipinski definition) is 3. The van der Waals surface area contributed by atoms with E-state index in [4.69, 9.17) is 5.11 Å². The first-order chi connectivity index (χ1) is 6.93. The summed E-state index contributed by atoms with van der Waals surface area (Å²) < 4.78 is 0. The topological polar surface area (TPSA) is 57.5 Å². The molecule has 0 aliphatic carbocycles. The van der Waals surface area contributed by atoms with Gasteiger partial charge in [-0.2, -0.15) is 0 Å². The highest BCUT2D eigenvalue weighted by Gasteiger charge is 2.13. The van der Waals surface area contributed by atoms with E-state index in [2.05, 4.69) is 13.2 Å². The van der Waals surface area contributed by atoms with Crippen molar-refractivity contribution in [1.82, 2.24) is 0 Å². The molecule has 0 spiro atoms. The van der Waals surface area contributed by atoms with E-state index >= 15 is 0 Å².